The predicted octanol–water partition coefficient (Wildman–Crippen LogP) is 3.94. The van der Waals surface area contributed by atoms with Crippen molar-refractivity contribution in [3.05, 3.63) is 92.6 Å². The number of rotatable bonds is 4. The van der Waals surface area contributed by atoms with Crippen LogP contribution in [0.1, 0.15) is 31.2 Å². The normalized spacial score (nSPS) is 25.7. The van der Waals surface area contributed by atoms with Gasteiger partial charge in [-0.05, 0) is 55.5 Å². The molecule has 10 nitrogen and oxygen atoms in total. The maximum Gasteiger partial charge on any atom is 0.271 e. The number of nitro groups is 1. The Morgan fingerprint density at radius 3 is 2.55 bits per heavy atom. The number of nitrogens with zero attached hydrogens (tertiary/aromatic N) is 2. The second kappa shape index (κ2) is 9.11. The Morgan fingerprint density at radius 2 is 1.82 bits per heavy atom. The number of benzene rings is 2. The van der Waals surface area contributed by atoms with Crippen molar-refractivity contribution in [2.24, 2.45) is 17.8 Å². The monoisotopic (exact) mass is 540 g/mol. The average molecular weight is 541 g/mol. The molecule has 1 fully saturated rings. The summed E-state index contributed by atoms with van der Waals surface area (Å²) < 4.78 is 5.30. The van der Waals surface area contributed by atoms with Crippen molar-refractivity contribution in [1.82, 2.24) is 0 Å². The highest BCUT2D eigenvalue weighted by atomic mass is 16.6. The highest BCUT2D eigenvalue weighted by molar-refractivity contribution is 6.25. The number of Topliss-reactive ketones (excluding diaryl/α,β-unsaturated/α-hetero) is 1. The number of amides is 2. The van der Waals surface area contributed by atoms with E-state index in [4.69, 9.17) is 4.74 Å². The Kier molecular flexibility index (Phi) is 5.79. The molecule has 2 amide bonds. The summed E-state index contributed by atoms with van der Waals surface area (Å²) in [6, 6.07) is 10.1. The molecular formula is C30H24N2O8. The molecule has 1 aliphatic heterocycles. The molecule has 3 aliphatic carbocycles. The van der Waals surface area contributed by atoms with Gasteiger partial charge in [0.15, 0.2) is 23.1 Å². The van der Waals surface area contributed by atoms with Crippen molar-refractivity contribution >= 4 is 34.8 Å². The van der Waals surface area contributed by atoms with E-state index in [0.717, 1.165) is 10.5 Å². The SMILES string of the molecule is COc1cc([C@H]2C3=CC[C@@H]4C(=O)N(c5cccc([N+](=O)[O-])c5)C(=O)[C@@H]4[C@@H]3CC3=C2C(=O)C=C(C)C3=O)ccc1O. The van der Waals surface area contributed by atoms with Gasteiger partial charge in [0.05, 0.1) is 29.6 Å². The molecule has 202 valence electrons. The van der Waals surface area contributed by atoms with Crippen LogP contribution >= 0.6 is 0 Å². The van der Waals surface area contributed by atoms with E-state index < -0.39 is 40.4 Å². The number of nitro benzene ring substituents is 1. The van der Waals surface area contributed by atoms with Crippen molar-refractivity contribution in [3.63, 3.8) is 0 Å². The first-order chi connectivity index (χ1) is 19.1. The van der Waals surface area contributed by atoms with Gasteiger partial charge in [0.25, 0.3) is 5.69 Å². The number of methoxy groups -OCH3 is 1. The molecule has 4 atom stereocenters. The van der Waals surface area contributed by atoms with E-state index in [-0.39, 0.29) is 47.3 Å². The second-order valence-electron chi connectivity index (χ2n) is 10.4. The third-order valence-corrected chi connectivity index (χ3v) is 8.40. The number of hydrogen-bond donors (Lipinski definition) is 1. The third kappa shape index (κ3) is 3.63. The Morgan fingerprint density at radius 1 is 1.05 bits per heavy atom. The fourth-order valence-electron chi connectivity index (χ4n) is 6.64. The number of carbonyl (C=O) groups excluding carboxylic acids is 4. The molecule has 10 heteroatoms. The summed E-state index contributed by atoms with van der Waals surface area (Å²) in [6.45, 7) is 1.58. The highest BCUT2D eigenvalue weighted by Crippen LogP contribution is 2.55. The summed E-state index contributed by atoms with van der Waals surface area (Å²) in [6.07, 6.45) is 3.56. The molecule has 2 aromatic rings. The average Bonchev–Trinajstić information content (AvgIpc) is 3.20. The minimum Gasteiger partial charge on any atom is -0.504 e. The predicted molar refractivity (Wildman–Crippen MR) is 142 cm³/mol. The lowest BCUT2D eigenvalue weighted by Crippen LogP contribution is -2.39. The molecule has 1 heterocycles. The Labute approximate surface area is 228 Å². The zero-order valence-corrected chi connectivity index (χ0v) is 21.6. The van der Waals surface area contributed by atoms with E-state index in [1.165, 1.54) is 43.5 Å². The first-order valence-corrected chi connectivity index (χ1v) is 12.8. The molecule has 0 radical (unpaired) electrons. The van der Waals surface area contributed by atoms with Crippen molar-refractivity contribution in [1.29, 1.82) is 0 Å². The Balaban J connectivity index is 1.48. The highest BCUT2D eigenvalue weighted by Gasteiger charge is 2.56. The number of anilines is 1. The van der Waals surface area contributed by atoms with Crippen molar-refractivity contribution in [3.8, 4) is 11.5 Å². The first kappa shape index (κ1) is 25.4. The molecule has 2 aromatic carbocycles. The van der Waals surface area contributed by atoms with Gasteiger partial charge in [-0.1, -0.05) is 23.8 Å². The number of phenolic OH excluding ortho intramolecular Hbond substituents is 1. The van der Waals surface area contributed by atoms with E-state index in [2.05, 4.69) is 0 Å². The second-order valence-corrected chi connectivity index (χ2v) is 10.4. The summed E-state index contributed by atoms with van der Waals surface area (Å²) in [5.74, 6) is -4.14. The van der Waals surface area contributed by atoms with E-state index in [0.29, 0.717) is 22.3 Å². The number of carbonyl (C=O) groups is 4. The third-order valence-electron chi connectivity index (χ3n) is 8.40. The van der Waals surface area contributed by atoms with Gasteiger partial charge in [-0.3, -0.25) is 29.3 Å². The number of allylic oxidation sites excluding steroid dienone is 6. The number of fused-ring (bicyclic) bond motifs is 3. The van der Waals surface area contributed by atoms with Gasteiger partial charge >= 0.3 is 0 Å². The molecule has 0 saturated carbocycles. The van der Waals surface area contributed by atoms with E-state index >= 15 is 0 Å². The minimum absolute atomic E-state index is 0.0866. The molecule has 6 rings (SSSR count). The van der Waals surface area contributed by atoms with Crippen molar-refractivity contribution < 1.29 is 33.9 Å². The van der Waals surface area contributed by atoms with Crippen LogP contribution in [-0.2, 0) is 19.2 Å². The smallest absolute Gasteiger partial charge is 0.271 e. The number of phenols is 1. The molecule has 0 unspecified atom stereocenters. The molecule has 0 bridgehead atoms. The zero-order chi connectivity index (χ0) is 28.5. The quantitative estimate of drug-likeness (QED) is 0.202. The van der Waals surface area contributed by atoms with Crippen LogP contribution in [0.5, 0.6) is 11.5 Å². The van der Waals surface area contributed by atoms with Crippen LogP contribution in [0.3, 0.4) is 0 Å². The fraction of sp³-hybridized carbons (Fsp3) is 0.267. The molecular weight excluding hydrogens is 516 g/mol. The van der Waals surface area contributed by atoms with Crippen molar-refractivity contribution in [2.45, 2.75) is 25.7 Å². The summed E-state index contributed by atoms with van der Waals surface area (Å²) in [5.41, 5.74) is 2.20. The lowest BCUT2D eigenvalue weighted by molar-refractivity contribution is -0.384. The summed E-state index contributed by atoms with van der Waals surface area (Å²) in [7, 11) is 1.41. The number of non-ortho nitro benzene ring substituents is 1. The zero-order valence-electron chi connectivity index (χ0n) is 21.6. The van der Waals surface area contributed by atoms with Crippen LogP contribution in [0.4, 0.5) is 11.4 Å². The summed E-state index contributed by atoms with van der Waals surface area (Å²) in [5, 5.41) is 21.5. The standard InChI is InChI=1S/C30H24N2O8/c1-14-10-23(34)27-21(28(14)35)13-20-18(25(27)15-6-9-22(33)24(11-15)40-2)7-8-19-26(20)30(37)31(29(19)36)16-4-3-5-17(12-16)32(38)39/h3-7,9-12,19-20,25-26,33H,8,13H2,1-2H3/t19-,20+,25-,26-/m0/s1. The molecule has 0 aromatic heterocycles. The number of imide groups is 1. The molecule has 4 aliphatic rings. The van der Waals surface area contributed by atoms with Gasteiger partial charge in [-0.25, -0.2) is 4.90 Å². The maximum atomic E-state index is 13.9. The van der Waals surface area contributed by atoms with Gasteiger partial charge in [0.2, 0.25) is 11.8 Å². The van der Waals surface area contributed by atoms with Crippen molar-refractivity contribution in [2.75, 3.05) is 12.0 Å². The minimum atomic E-state index is -0.809. The lowest BCUT2D eigenvalue weighted by Gasteiger charge is -2.42. The van der Waals surface area contributed by atoms with Crippen LogP contribution in [0.2, 0.25) is 0 Å². The van der Waals surface area contributed by atoms with Crippen LogP contribution in [0.15, 0.2) is 76.9 Å². The molecule has 1 saturated heterocycles. The lowest BCUT2D eigenvalue weighted by atomic mass is 9.59. The van der Waals surface area contributed by atoms with Gasteiger partial charge < -0.3 is 9.84 Å². The molecule has 40 heavy (non-hydrogen) atoms. The fourth-order valence-corrected chi connectivity index (χ4v) is 6.64. The van der Waals surface area contributed by atoms with E-state index in [1.54, 1.807) is 19.1 Å². The van der Waals surface area contributed by atoms with Crippen LogP contribution in [0.25, 0.3) is 0 Å². The van der Waals surface area contributed by atoms with Crippen LogP contribution in [-0.4, -0.2) is 40.5 Å². The number of ketones is 2. The molecule has 1 N–H and O–H groups in total. The largest absolute Gasteiger partial charge is 0.504 e. The van der Waals surface area contributed by atoms with Gasteiger partial charge in [0, 0.05) is 34.8 Å². The summed E-state index contributed by atoms with van der Waals surface area (Å²) >= 11 is 0. The van der Waals surface area contributed by atoms with Gasteiger partial charge in [-0.15, -0.1) is 0 Å². The molecule has 0 spiro atoms. The Bertz CT molecular complexity index is 1650. The van der Waals surface area contributed by atoms with E-state index in [1.807, 2.05) is 6.08 Å². The number of aromatic hydroxyl groups is 1. The van der Waals surface area contributed by atoms with Crippen LogP contribution < -0.4 is 9.64 Å². The Hall–Kier alpha value is -4.86. The van der Waals surface area contributed by atoms with Crippen LogP contribution in [0, 0.1) is 27.9 Å². The van der Waals surface area contributed by atoms with Gasteiger partial charge in [-0.2, -0.15) is 0 Å². The maximum absolute atomic E-state index is 13.9. The first-order valence-electron chi connectivity index (χ1n) is 12.8. The summed E-state index contributed by atoms with van der Waals surface area (Å²) in [4.78, 5) is 66.0. The number of hydrogen-bond acceptors (Lipinski definition) is 8. The number of ether oxygens (including phenoxy) is 1. The topological polar surface area (TPSA) is 144 Å². The van der Waals surface area contributed by atoms with Gasteiger partial charge in [0.1, 0.15) is 0 Å². The van der Waals surface area contributed by atoms with E-state index in [9.17, 15) is 34.4 Å².